The van der Waals surface area contributed by atoms with Gasteiger partial charge in [0.25, 0.3) is 0 Å². The Morgan fingerprint density at radius 3 is 2.86 bits per heavy atom. The lowest BCUT2D eigenvalue weighted by Crippen LogP contribution is -2.42. The number of hydrogen-bond acceptors (Lipinski definition) is 5. The number of likely N-dealkylation sites (tertiary alicyclic amines) is 1. The molecule has 0 saturated carbocycles. The molecule has 2 aliphatic rings. The number of aromatic nitrogens is 1. The van der Waals surface area contributed by atoms with E-state index >= 15 is 0 Å². The van der Waals surface area contributed by atoms with Crippen molar-refractivity contribution in [3.05, 3.63) is 10.6 Å². The van der Waals surface area contributed by atoms with E-state index in [1.54, 1.807) is 7.11 Å². The van der Waals surface area contributed by atoms with Crippen molar-refractivity contribution in [2.24, 2.45) is 0 Å². The number of thiazole rings is 1. The lowest BCUT2D eigenvalue weighted by atomic mass is 10.0. The summed E-state index contributed by atoms with van der Waals surface area (Å²) in [5.74, 6) is 0.213. The highest BCUT2D eigenvalue weighted by atomic mass is 32.1. The van der Waals surface area contributed by atoms with Crippen LogP contribution in [0.15, 0.2) is 0 Å². The number of nitrogens with zero attached hydrogens (tertiary/aromatic N) is 2. The van der Waals surface area contributed by atoms with E-state index in [-0.39, 0.29) is 5.91 Å². The molecule has 1 saturated heterocycles. The van der Waals surface area contributed by atoms with Crippen LogP contribution in [0.5, 0.6) is 0 Å². The minimum Gasteiger partial charge on any atom is -0.384 e. The van der Waals surface area contributed by atoms with Gasteiger partial charge in [0.05, 0.1) is 18.7 Å². The summed E-state index contributed by atoms with van der Waals surface area (Å²) in [4.78, 5) is 20.2. The summed E-state index contributed by atoms with van der Waals surface area (Å²) in [7, 11) is 1.64. The molecule has 2 heterocycles. The van der Waals surface area contributed by atoms with Crippen molar-refractivity contribution < 1.29 is 9.53 Å². The Morgan fingerprint density at radius 2 is 2.14 bits per heavy atom. The molecular weight excluding hydrogens is 298 g/mol. The Labute approximate surface area is 136 Å². The van der Waals surface area contributed by atoms with Crippen LogP contribution in [0, 0.1) is 0 Å². The minimum absolute atomic E-state index is 0.213. The third-order valence-electron chi connectivity index (χ3n) is 4.54. The van der Waals surface area contributed by atoms with Crippen LogP contribution >= 0.6 is 11.3 Å². The van der Waals surface area contributed by atoms with Crippen LogP contribution in [-0.2, 0) is 22.4 Å². The van der Waals surface area contributed by atoms with Gasteiger partial charge in [0.1, 0.15) is 0 Å². The summed E-state index contributed by atoms with van der Waals surface area (Å²) < 4.78 is 4.98. The SMILES string of the molecule is COCCC(=O)N1CCC(Nc2nc3c(s2)CCCC3)CC1. The number of ether oxygens (including phenoxy) is 1. The number of fused-ring (bicyclic) bond motifs is 1. The fourth-order valence-electron chi connectivity index (χ4n) is 3.21. The molecule has 0 atom stereocenters. The first-order valence-corrected chi connectivity index (χ1v) is 9.09. The van der Waals surface area contributed by atoms with E-state index < -0.39 is 0 Å². The number of aryl methyl sites for hydroxylation is 2. The number of amides is 1. The number of methoxy groups -OCH3 is 1. The maximum absolute atomic E-state index is 12.0. The monoisotopic (exact) mass is 323 g/mol. The van der Waals surface area contributed by atoms with Crippen molar-refractivity contribution in [2.75, 3.05) is 32.1 Å². The van der Waals surface area contributed by atoms with Gasteiger partial charge in [-0.3, -0.25) is 4.79 Å². The molecule has 3 rings (SSSR count). The van der Waals surface area contributed by atoms with Gasteiger partial charge in [0, 0.05) is 31.1 Å². The van der Waals surface area contributed by atoms with E-state index in [1.165, 1.54) is 29.8 Å². The third-order valence-corrected chi connectivity index (χ3v) is 5.63. The van der Waals surface area contributed by atoms with Gasteiger partial charge in [-0.25, -0.2) is 4.98 Å². The lowest BCUT2D eigenvalue weighted by molar-refractivity contribution is -0.133. The van der Waals surface area contributed by atoms with Gasteiger partial charge in [-0.05, 0) is 38.5 Å². The van der Waals surface area contributed by atoms with Crippen molar-refractivity contribution in [3.8, 4) is 0 Å². The van der Waals surface area contributed by atoms with Gasteiger partial charge in [-0.1, -0.05) is 0 Å². The van der Waals surface area contributed by atoms with E-state index in [1.807, 2.05) is 16.2 Å². The molecule has 1 amide bonds. The molecule has 0 radical (unpaired) electrons. The quantitative estimate of drug-likeness (QED) is 0.904. The molecule has 122 valence electrons. The smallest absolute Gasteiger partial charge is 0.224 e. The summed E-state index contributed by atoms with van der Waals surface area (Å²) in [6, 6.07) is 0.444. The topological polar surface area (TPSA) is 54.5 Å². The number of carbonyl (C=O) groups excluding carboxylic acids is 1. The molecule has 1 aliphatic carbocycles. The van der Waals surface area contributed by atoms with Crippen LogP contribution in [0.1, 0.15) is 42.7 Å². The van der Waals surface area contributed by atoms with Gasteiger partial charge >= 0.3 is 0 Å². The maximum atomic E-state index is 12.0. The van der Waals surface area contributed by atoms with Crippen molar-refractivity contribution in [1.29, 1.82) is 0 Å². The summed E-state index contributed by atoms with van der Waals surface area (Å²) >= 11 is 1.83. The van der Waals surface area contributed by atoms with E-state index in [4.69, 9.17) is 9.72 Å². The molecule has 1 fully saturated rings. The number of piperidine rings is 1. The lowest BCUT2D eigenvalue weighted by Gasteiger charge is -2.32. The number of nitrogens with one attached hydrogen (secondary N) is 1. The number of anilines is 1. The van der Waals surface area contributed by atoms with E-state index in [2.05, 4.69) is 5.32 Å². The van der Waals surface area contributed by atoms with E-state index in [0.717, 1.165) is 37.5 Å². The standard InChI is InChI=1S/C16H25N3O2S/c1-21-11-8-15(20)19-9-6-12(7-10-19)17-16-18-13-4-2-3-5-14(13)22-16/h12H,2-11H2,1H3,(H,17,18). The van der Waals surface area contributed by atoms with Crippen molar-refractivity contribution in [2.45, 2.75) is 51.0 Å². The Kier molecular flexibility index (Phi) is 5.31. The Morgan fingerprint density at radius 1 is 1.36 bits per heavy atom. The summed E-state index contributed by atoms with van der Waals surface area (Å²) in [6.45, 7) is 2.19. The Balaban J connectivity index is 1.47. The van der Waals surface area contributed by atoms with Crippen molar-refractivity contribution >= 4 is 22.4 Å². The molecule has 1 N–H and O–H groups in total. The summed E-state index contributed by atoms with van der Waals surface area (Å²) in [5, 5.41) is 4.67. The molecule has 6 heteroatoms. The number of carbonyl (C=O) groups is 1. The fraction of sp³-hybridized carbons (Fsp3) is 0.750. The highest BCUT2D eigenvalue weighted by Crippen LogP contribution is 2.30. The second-order valence-electron chi connectivity index (χ2n) is 6.14. The second-order valence-corrected chi connectivity index (χ2v) is 7.22. The van der Waals surface area contributed by atoms with Gasteiger partial charge in [0.15, 0.2) is 5.13 Å². The van der Waals surface area contributed by atoms with E-state index in [0.29, 0.717) is 19.1 Å². The zero-order valence-electron chi connectivity index (χ0n) is 13.3. The van der Waals surface area contributed by atoms with Crippen LogP contribution < -0.4 is 5.32 Å². The van der Waals surface area contributed by atoms with Gasteiger partial charge in [-0.2, -0.15) is 0 Å². The first-order valence-electron chi connectivity index (χ1n) is 8.28. The first kappa shape index (κ1) is 15.7. The number of rotatable bonds is 5. The molecular formula is C16H25N3O2S. The molecule has 0 bridgehead atoms. The zero-order valence-corrected chi connectivity index (χ0v) is 14.1. The van der Waals surface area contributed by atoms with Crippen molar-refractivity contribution in [1.82, 2.24) is 9.88 Å². The number of hydrogen-bond donors (Lipinski definition) is 1. The van der Waals surface area contributed by atoms with Crippen LogP contribution in [-0.4, -0.2) is 48.6 Å². The van der Waals surface area contributed by atoms with E-state index in [9.17, 15) is 4.79 Å². The molecule has 22 heavy (non-hydrogen) atoms. The van der Waals surface area contributed by atoms with Gasteiger partial charge < -0.3 is 15.0 Å². The van der Waals surface area contributed by atoms with Crippen LogP contribution in [0.4, 0.5) is 5.13 Å². The largest absolute Gasteiger partial charge is 0.384 e. The average Bonchev–Trinajstić information content (AvgIpc) is 2.95. The molecule has 0 unspecified atom stereocenters. The molecule has 1 aromatic rings. The van der Waals surface area contributed by atoms with Crippen LogP contribution in [0.25, 0.3) is 0 Å². The maximum Gasteiger partial charge on any atom is 0.224 e. The third kappa shape index (κ3) is 3.79. The van der Waals surface area contributed by atoms with Gasteiger partial charge in [0.2, 0.25) is 5.91 Å². The highest BCUT2D eigenvalue weighted by molar-refractivity contribution is 7.15. The van der Waals surface area contributed by atoms with Crippen molar-refractivity contribution in [3.63, 3.8) is 0 Å². The molecule has 0 spiro atoms. The normalized spacial score (nSPS) is 19.0. The summed E-state index contributed by atoms with van der Waals surface area (Å²) in [5.41, 5.74) is 1.31. The highest BCUT2D eigenvalue weighted by Gasteiger charge is 2.24. The molecule has 1 aromatic heterocycles. The molecule has 0 aromatic carbocycles. The first-order chi connectivity index (χ1) is 10.8. The molecule has 1 aliphatic heterocycles. The summed E-state index contributed by atoms with van der Waals surface area (Å²) in [6.07, 6.45) is 7.41. The molecule has 5 nitrogen and oxygen atoms in total. The predicted molar refractivity (Wildman–Crippen MR) is 88.5 cm³/mol. The Bertz CT molecular complexity index is 486. The second kappa shape index (κ2) is 7.42. The van der Waals surface area contributed by atoms with Crippen LogP contribution in [0.2, 0.25) is 0 Å². The van der Waals surface area contributed by atoms with Gasteiger partial charge in [-0.15, -0.1) is 11.3 Å². The fourth-order valence-corrected chi connectivity index (χ4v) is 4.34. The zero-order chi connectivity index (χ0) is 15.4. The minimum atomic E-state index is 0.213. The average molecular weight is 323 g/mol. The Hall–Kier alpha value is -1.14. The van der Waals surface area contributed by atoms with Crippen LogP contribution in [0.3, 0.4) is 0 Å². The predicted octanol–water partition coefficient (Wildman–Crippen LogP) is 2.46.